The van der Waals surface area contributed by atoms with Crippen LogP contribution in [0, 0.1) is 17.8 Å². The lowest BCUT2D eigenvalue weighted by molar-refractivity contribution is -0.158. The number of carbonyl (C=O) groups is 2. The van der Waals surface area contributed by atoms with Crippen LogP contribution in [0.2, 0.25) is 0 Å². The van der Waals surface area contributed by atoms with Crippen molar-refractivity contribution in [3.63, 3.8) is 0 Å². The average Bonchev–Trinajstić information content (AvgIpc) is 3.53. The Labute approximate surface area is 217 Å². The molecule has 190 valence electrons. The Balaban J connectivity index is 1.06. The van der Waals surface area contributed by atoms with Crippen LogP contribution in [0.4, 0.5) is 0 Å². The summed E-state index contributed by atoms with van der Waals surface area (Å²) in [5, 5.41) is -0.448. The van der Waals surface area contributed by atoms with E-state index in [0.717, 1.165) is 26.6 Å². The van der Waals surface area contributed by atoms with Crippen molar-refractivity contribution < 1.29 is 31.7 Å². The number of esters is 1. The minimum absolute atomic E-state index is 0.0260. The highest BCUT2D eigenvalue weighted by atomic mass is 32.2. The Hall–Kier alpha value is -3.01. The van der Waals surface area contributed by atoms with Gasteiger partial charge in [-0.25, -0.2) is 4.79 Å². The SMILES string of the molecule is O=C(COc1ccc([SH+]2=C3C=CC=CC3C(=O)c3ccccc32)cc1)OC1C2CC3C1OS(=O)(=O)C3C2. The smallest absolute Gasteiger partial charge is 0.344 e. The van der Waals surface area contributed by atoms with Gasteiger partial charge in [-0.1, -0.05) is 40.8 Å². The first-order valence-corrected chi connectivity index (χ1v) is 15.2. The standard InChI is InChI=1S/C28H24O7S2/c29-25(34-27-16-13-21-24(14-16)37(31,32)35-28(21)27)15-33-17-9-11-18(12-10-17)36-22-7-3-1-5-19(22)26(30)20-6-2-4-8-23(20)36/h1-12,16,19,21,24,27-28H,13-15H2/p+1. The molecular weight excluding hydrogens is 512 g/mol. The zero-order valence-electron chi connectivity index (χ0n) is 19.7. The number of thiol groups is 1. The molecule has 2 bridgehead atoms. The first-order chi connectivity index (χ1) is 17.9. The molecule has 9 heteroatoms. The summed E-state index contributed by atoms with van der Waals surface area (Å²) in [6, 6.07) is 15.4. The van der Waals surface area contributed by atoms with E-state index < -0.39 is 44.0 Å². The molecule has 1 saturated heterocycles. The van der Waals surface area contributed by atoms with Gasteiger partial charge in [-0.05, 0) is 55.3 Å². The lowest BCUT2D eigenvalue weighted by Gasteiger charge is -2.24. The van der Waals surface area contributed by atoms with Crippen LogP contribution in [0.25, 0.3) is 0 Å². The molecule has 2 aromatic rings. The number of hydrogen-bond donors (Lipinski definition) is 0. The van der Waals surface area contributed by atoms with Crippen molar-refractivity contribution in [3.05, 3.63) is 78.4 Å². The molecule has 37 heavy (non-hydrogen) atoms. The zero-order chi connectivity index (χ0) is 25.3. The Morgan fingerprint density at radius 3 is 2.70 bits per heavy atom. The van der Waals surface area contributed by atoms with Crippen molar-refractivity contribution in [3.8, 4) is 5.75 Å². The Kier molecular flexibility index (Phi) is 5.32. The molecule has 7 unspecified atom stereocenters. The van der Waals surface area contributed by atoms with Crippen molar-refractivity contribution in [2.45, 2.75) is 40.1 Å². The molecule has 7 rings (SSSR count). The molecule has 5 aliphatic rings. The highest BCUT2D eigenvalue weighted by molar-refractivity contribution is 7.97. The largest absolute Gasteiger partial charge is 0.482 e. The van der Waals surface area contributed by atoms with Gasteiger partial charge < -0.3 is 9.47 Å². The van der Waals surface area contributed by atoms with Crippen molar-refractivity contribution in [2.24, 2.45) is 17.8 Å². The maximum absolute atomic E-state index is 13.1. The summed E-state index contributed by atoms with van der Waals surface area (Å²) in [6.45, 7) is -0.269. The van der Waals surface area contributed by atoms with E-state index in [-0.39, 0.29) is 30.1 Å². The number of hydrogen-bond acceptors (Lipinski definition) is 7. The molecule has 3 fully saturated rings. The summed E-state index contributed by atoms with van der Waals surface area (Å²) in [4.78, 5) is 28.9. The van der Waals surface area contributed by atoms with Gasteiger partial charge in [-0.3, -0.25) is 8.98 Å². The van der Waals surface area contributed by atoms with Gasteiger partial charge in [0.25, 0.3) is 10.1 Å². The maximum Gasteiger partial charge on any atom is 0.344 e. The first-order valence-electron chi connectivity index (χ1n) is 12.4. The number of rotatable bonds is 5. The molecule has 2 saturated carbocycles. The molecular formula is C28H25O7S2+. The van der Waals surface area contributed by atoms with Gasteiger partial charge in [-0.15, -0.1) is 0 Å². The van der Waals surface area contributed by atoms with E-state index in [1.54, 1.807) is 0 Å². The van der Waals surface area contributed by atoms with Crippen LogP contribution in [-0.4, -0.2) is 49.1 Å². The lowest BCUT2D eigenvalue weighted by atomic mass is 9.91. The number of Topliss-reactive ketones (excluding diaryl/α,β-unsaturated/α-hetero) is 1. The summed E-state index contributed by atoms with van der Waals surface area (Å²) in [6.07, 6.45) is 8.05. The van der Waals surface area contributed by atoms with Gasteiger partial charge in [0.15, 0.2) is 12.4 Å². The third-order valence-electron chi connectivity index (χ3n) is 8.08. The quantitative estimate of drug-likeness (QED) is 0.190. The number of ether oxygens (including phenoxy) is 2. The van der Waals surface area contributed by atoms with Gasteiger partial charge in [0.05, 0.1) is 10.8 Å². The second-order valence-corrected chi connectivity index (χ2v) is 14.1. The van der Waals surface area contributed by atoms with Crippen LogP contribution in [-0.2, 0) is 34.3 Å². The summed E-state index contributed by atoms with van der Waals surface area (Å²) in [5.41, 5.74) is 0.774. The molecule has 0 N–H and O–H groups in total. The number of allylic oxidation sites excluding steroid dienone is 4. The number of fused-ring (bicyclic) bond motifs is 3. The number of benzene rings is 2. The number of carbonyl (C=O) groups excluding carboxylic acids is 2. The van der Waals surface area contributed by atoms with Crippen LogP contribution >= 0.6 is 0 Å². The van der Waals surface area contributed by atoms with Gasteiger partial charge in [0.1, 0.15) is 38.5 Å². The predicted molar refractivity (Wildman–Crippen MR) is 138 cm³/mol. The summed E-state index contributed by atoms with van der Waals surface area (Å²) < 4.78 is 40.8. The topological polar surface area (TPSA) is 96.0 Å². The Morgan fingerprint density at radius 1 is 1.05 bits per heavy atom. The fourth-order valence-electron chi connectivity index (χ4n) is 6.50. The minimum Gasteiger partial charge on any atom is -0.482 e. The minimum atomic E-state index is -3.55. The van der Waals surface area contributed by atoms with Crippen LogP contribution in [0.15, 0.2) is 82.6 Å². The zero-order valence-corrected chi connectivity index (χ0v) is 21.4. The molecule has 2 aliphatic heterocycles. The van der Waals surface area contributed by atoms with Gasteiger partial charge >= 0.3 is 5.97 Å². The Bertz CT molecular complexity index is 1520. The number of ketones is 1. The van der Waals surface area contributed by atoms with Crippen molar-refractivity contribution in [1.82, 2.24) is 0 Å². The molecule has 0 spiro atoms. The van der Waals surface area contributed by atoms with Crippen LogP contribution in [0.5, 0.6) is 5.75 Å². The van der Waals surface area contributed by atoms with Crippen LogP contribution in [0.3, 0.4) is 0 Å². The molecule has 2 aromatic carbocycles. The molecule has 0 aromatic heterocycles. The van der Waals surface area contributed by atoms with Crippen LogP contribution < -0.4 is 4.74 Å². The second-order valence-electron chi connectivity index (χ2n) is 10.1. The van der Waals surface area contributed by atoms with E-state index in [4.69, 9.17) is 13.7 Å². The average molecular weight is 538 g/mol. The van der Waals surface area contributed by atoms with E-state index in [1.807, 2.05) is 66.8 Å². The molecule has 7 atom stereocenters. The van der Waals surface area contributed by atoms with Crippen molar-refractivity contribution in [2.75, 3.05) is 6.61 Å². The van der Waals surface area contributed by atoms with E-state index in [0.29, 0.717) is 12.2 Å². The Morgan fingerprint density at radius 2 is 1.86 bits per heavy atom. The fraction of sp³-hybridized carbons (Fsp3) is 0.321. The van der Waals surface area contributed by atoms with Gasteiger partial charge in [0, 0.05) is 11.8 Å². The lowest BCUT2D eigenvalue weighted by Crippen LogP contribution is -2.38. The van der Waals surface area contributed by atoms with E-state index >= 15 is 0 Å². The summed E-state index contributed by atoms with van der Waals surface area (Å²) >= 11 is 0. The first kappa shape index (κ1) is 23.1. The highest BCUT2D eigenvalue weighted by Gasteiger charge is 2.65. The molecule has 7 nitrogen and oxygen atoms in total. The van der Waals surface area contributed by atoms with Crippen molar-refractivity contribution >= 4 is 37.2 Å². The maximum atomic E-state index is 13.1. The van der Waals surface area contributed by atoms with E-state index in [1.165, 1.54) is 0 Å². The van der Waals surface area contributed by atoms with Gasteiger partial charge in [-0.2, -0.15) is 8.42 Å². The molecule has 0 amide bonds. The normalized spacial score (nSPS) is 33.8. The molecule has 0 radical (unpaired) electrons. The summed E-state index contributed by atoms with van der Waals surface area (Å²) in [5.74, 6) is -0.154. The summed E-state index contributed by atoms with van der Waals surface area (Å²) in [7, 11) is -4.42. The monoisotopic (exact) mass is 537 g/mol. The predicted octanol–water partition coefficient (Wildman–Crippen LogP) is 2.99. The van der Waals surface area contributed by atoms with Gasteiger partial charge in [0.2, 0.25) is 0 Å². The van der Waals surface area contributed by atoms with E-state index in [2.05, 4.69) is 6.08 Å². The van der Waals surface area contributed by atoms with Crippen LogP contribution in [0.1, 0.15) is 23.2 Å². The second kappa shape index (κ2) is 8.51. The molecule has 2 heterocycles. The van der Waals surface area contributed by atoms with E-state index in [9.17, 15) is 18.0 Å². The van der Waals surface area contributed by atoms with Crippen molar-refractivity contribution in [1.29, 1.82) is 0 Å². The fourth-order valence-corrected chi connectivity index (χ4v) is 11.1. The highest BCUT2D eigenvalue weighted by Crippen LogP contribution is 2.55. The molecule has 3 aliphatic carbocycles. The third kappa shape index (κ3) is 3.66. The third-order valence-corrected chi connectivity index (χ3v) is 12.5.